The van der Waals surface area contributed by atoms with Crippen LogP contribution >= 0.6 is 11.3 Å². The van der Waals surface area contributed by atoms with E-state index in [4.69, 9.17) is 4.98 Å². The van der Waals surface area contributed by atoms with Crippen LogP contribution in [0.5, 0.6) is 0 Å². The SMILES string of the molecule is [O-][n+]1cccc(-c2nc(-c3ccccc3)c(N(c3ccccc3)c3ccccc3)s2)c1. The van der Waals surface area contributed by atoms with Gasteiger partial charge in [-0.05, 0) is 30.3 Å². The normalized spacial score (nSPS) is 10.7. The van der Waals surface area contributed by atoms with E-state index in [1.807, 2.05) is 60.7 Å². The smallest absolute Gasteiger partial charge is 0.190 e. The molecular weight excluding hydrogens is 402 g/mol. The maximum atomic E-state index is 11.9. The number of anilines is 3. The predicted octanol–water partition coefficient (Wildman–Crippen LogP) is 6.58. The number of rotatable bonds is 5. The van der Waals surface area contributed by atoms with Crippen LogP contribution in [0.3, 0.4) is 0 Å². The molecule has 0 aliphatic heterocycles. The molecule has 3 aromatic carbocycles. The first-order valence-corrected chi connectivity index (χ1v) is 10.8. The summed E-state index contributed by atoms with van der Waals surface area (Å²) < 4.78 is 0.810. The first kappa shape index (κ1) is 19.0. The second-order valence-electron chi connectivity index (χ2n) is 7.00. The van der Waals surface area contributed by atoms with Gasteiger partial charge in [0.2, 0.25) is 0 Å². The highest BCUT2D eigenvalue weighted by atomic mass is 32.1. The van der Waals surface area contributed by atoms with Gasteiger partial charge in [0.15, 0.2) is 12.4 Å². The van der Waals surface area contributed by atoms with E-state index in [-0.39, 0.29) is 0 Å². The summed E-state index contributed by atoms with van der Waals surface area (Å²) in [5.74, 6) is 0. The fraction of sp³-hybridized carbons (Fsp3) is 0. The van der Waals surface area contributed by atoms with Gasteiger partial charge in [0.05, 0.1) is 5.56 Å². The number of aromatic nitrogens is 2. The Morgan fingerprint density at radius 2 is 1.23 bits per heavy atom. The Hall–Kier alpha value is -3.96. The van der Waals surface area contributed by atoms with Crippen LogP contribution in [0.25, 0.3) is 21.8 Å². The van der Waals surface area contributed by atoms with E-state index in [9.17, 15) is 5.21 Å². The second kappa shape index (κ2) is 8.42. The molecular formula is C26H19N3OS. The quantitative estimate of drug-likeness (QED) is 0.238. The van der Waals surface area contributed by atoms with Crippen LogP contribution in [0.15, 0.2) is 116 Å². The zero-order chi connectivity index (χ0) is 21.0. The minimum absolute atomic E-state index is 0.798. The zero-order valence-electron chi connectivity index (χ0n) is 16.6. The molecule has 0 unspecified atom stereocenters. The molecule has 0 atom stereocenters. The van der Waals surface area contributed by atoms with Gasteiger partial charge in [-0.3, -0.25) is 0 Å². The molecule has 0 aliphatic rings. The lowest BCUT2D eigenvalue weighted by Gasteiger charge is -2.24. The minimum Gasteiger partial charge on any atom is -0.619 e. The van der Waals surface area contributed by atoms with Gasteiger partial charge >= 0.3 is 0 Å². The van der Waals surface area contributed by atoms with Crippen molar-refractivity contribution in [3.05, 3.63) is 121 Å². The molecule has 4 nitrogen and oxygen atoms in total. The number of nitrogens with zero attached hydrogens (tertiary/aromatic N) is 3. The summed E-state index contributed by atoms with van der Waals surface area (Å²) in [5, 5.41) is 13.7. The van der Waals surface area contributed by atoms with Gasteiger partial charge in [-0.25, -0.2) is 4.98 Å². The summed E-state index contributed by atoms with van der Waals surface area (Å²) in [6.45, 7) is 0. The molecule has 0 bridgehead atoms. The molecule has 0 radical (unpaired) electrons. The lowest BCUT2D eigenvalue weighted by molar-refractivity contribution is -0.604. The van der Waals surface area contributed by atoms with Crippen molar-refractivity contribution >= 4 is 27.7 Å². The average molecular weight is 422 g/mol. The third kappa shape index (κ3) is 3.91. The molecule has 0 spiro atoms. The van der Waals surface area contributed by atoms with Crippen molar-refractivity contribution in [2.24, 2.45) is 0 Å². The summed E-state index contributed by atoms with van der Waals surface area (Å²) in [6.07, 6.45) is 3.04. The number of para-hydroxylation sites is 2. The first-order valence-electron chi connectivity index (χ1n) is 9.95. The Morgan fingerprint density at radius 1 is 0.677 bits per heavy atom. The monoisotopic (exact) mass is 421 g/mol. The molecule has 0 saturated carbocycles. The standard InChI is InChI=1S/C26H19N3OS/c30-28-18-10-13-21(19-28)25-27-24(20-11-4-1-5-12-20)26(31-25)29(22-14-6-2-7-15-22)23-16-8-3-9-17-23/h1-19H. The van der Waals surface area contributed by atoms with Crippen molar-refractivity contribution in [1.82, 2.24) is 4.98 Å². The van der Waals surface area contributed by atoms with Crippen molar-refractivity contribution < 1.29 is 4.73 Å². The highest BCUT2D eigenvalue weighted by molar-refractivity contribution is 7.19. The van der Waals surface area contributed by atoms with Crippen molar-refractivity contribution in [3.63, 3.8) is 0 Å². The fourth-order valence-electron chi connectivity index (χ4n) is 3.49. The molecule has 2 heterocycles. The van der Waals surface area contributed by atoms with Gasteiger partial charge in [-0.1, -0.05) is 78.1 Å². The van der Waals surface area contributed by atoms with E-state index >= 15 is 0 Å². The lowest BCUT2D eigenvalue weighted by Crippen LogP contribution is -2.23. The first-order chi connectivity index (χ1) is 15.3. The van der Waals surface area contributed by atoms with Crippen molar-refractivity contribution in [3.8, 4) is 21.8 Å². The second-order valence-corrected chi connectivity index (χ2v) is 7.98. The van der Waals surface area contributed by atoms with Crippen LogP contribution in [-0.2, 0) is 0 Å². The Bertz CT molecular complexity index is 1250. The zero-order valence-corrected chi connectivity index (χ0v) is 17.4. The van der Waals surface area contributed by atoms with E-state index in [0.717, 1.165) is 42.9 Å². The van der Waals surface area contributed by atoms with E-state index in [1.165, 1.54) is 6.20 Å². The number of benzene rings is 3. The van der Waals surface area contributed by atoms with Crippen LogP contribution in [0, 0.1) is 5.21 Å². The molecule has 2 aromatic heterocycles. The van der Waals surface area contributed by atoms with E-state index < -0.39 is 0 Å². The maximum absolute atomic E-state index is 11.9. The van der Waals surface area contributed by atoms with Gasteiger partial charge in [0, 0.05) is 23.0 Å². The van der Waals surface area contributed by atoms with Crippen molar-refractivity contribution in [2.75, 3.05) is 4.90 Å². The molecule has 5 aromatic rings. The van der Waals surface area contributed by atoms with E-state index in [0.29, 0.717) is 0 Å². The molecule has 0 saturated heterocycles. The van der Waals surface area contributed by atoms with E-state index in [2.05, 4.69) is 41.3 Å². The van der Waals surface area contributed by atoms with Gasteiger partial charge < -0.3 is 10.1 Å². The summed E-state index contributed by atoms with van der Waals surface area (Å²) in [6, 6.07) is 34.4. The predicted molar refractivity (Wildman–Crippen MR) is 127 cm³/mol. The van der Waals surface area contributed by atoms with Crippen LogP contribution in [0.2, 0.25) is 0 Å². The largest absolute Gasteiger partial charge is 0.619 e. The van der Waals surface area contributed by atoms with Crippen LogP contribution in [0.1, 0.15) is 0 Å². The molecule has 0 aliphatic carbocycles. The van der Waals surface area contributed by atoms with E-state index in [1.54, 1.807) is 23.6 Å². The summed E-state index contributed by atoms with van der Waals surface area (Å²) >= 11 is 1.58. The molecule has 0 N–H and O–H groups in total. The van der Waals surface area contributed by atoms with Gasteiger partial charge in [-0.2, -0.15) is 4.73 Å². The van der Waals surface area contributed by atoms with Crippen LogP contribution < -0.4 is 9.63 Å². The summed E-state index contributed by atoms with van der Waals surface area (Å²) in [5.41, 5.74) is 4.81. The van der Waals surface area contributed by atoms with Crippen molar-refractivity contribution in [2.45, 2.75) is 0 Å². The molecule has 5 heteroatoms. The highest BCUT2D eigenvalue weighted by Gasteiger charge is 2.23. The Kier molecular flexibility index (Phi) is 5.17. The molecule has 5 rings (SSSR count). The lowest BCUT2D eigenvalue weighted by atomic mass is 10.1. The van der Waals surface area contributed by atoms with Crippen molar-refractivity contribution in [1.29, 1.82) is 0 Å². The third-order valence-corrected chi connectivity index (χ3v) is 6.00. The molecule has 31 heavy (non-hydrogen) atoms. The minimum atomic E-state index is 0.798. The Morgan fingerprint density at radius 3 is 1.81 bits per heavy atom. The third-order valence-electron chi connectivity index (χ3n) is 4.91. The van der Waals surface area contributed by atoms with Gasteiger partial charge in [0.25, 0.3) is 0 Å². The van der Waals surface area contributed by atoms with Gasteiger partial charge in [-0.15, -0.1) is 0 Å². The number of thiazole rings is 1. The Balaban J connectivity index is 1.75. The number of hydrogen-bond donors (Lipinski definition) is 0. The summed E-state index contributed by atoms with van der Waals surface area (Å²) in [7, 11) is 0. The maximum Gasteiger partial charge on any atom is 0.190 e. The van der Waals surface area contributed by atoms with Crippen LogP contribution in [0.4, 0.5) is 16.4 Å². The fourth-order valence-corrected chi connectivity index (χ4v) is 4.61. The average Bonchev–Trinajstić information content (AvgIpc) is 3.26. The van der Waals surface area contributed by atoms with Gasteiger partial charge in [0.1, 0.15) is 15.7 Å². The molecule has 0 amide bonds. The number of hydrogen-bond acceptors (Lipinski definition) is 4. The topological polar surface area (TPSA) is 43.1 Å². The highest BCUT2D eigenvalue weighted by Crippen LogP contribution is 2.46. The van der Waals surface area contributed by atoms with Crippen LogP contribution in [-0.4, -0.2) is 4.98 Å². The number of pyridine rings is 1. The Labute approximate surface area is 184 Å². The molecule has 150 valence electrons. The molecule has 0 fully saturated rings. The summed E-state index contributed by atoms with van der Waals surface area (Å²) in [4.78, 5) is 7.21.